The van der Waals surface area contributed by atoms with Crippen LogP contribution in [-0.2, 0) is 4.74 Å². The summed E-state index contributed by atoms with van der Waals surface area (Å²) in [7, 11) is 1.53. The molecule has 4 heteroatoms. The summed E-state index contributed by atoms with van der Waals surface area (Å²) in [6.45, 7) is 2.23. The van der Waals surface area contributed by atoms with Crippen molar-refractivity contribution in [3.05, 3.63) is 53.8 Å². The molecular formula is C17H18FNO2. The van der Waals surface area contributed by atoms with Gasteiger partial charge in [0.25, 0.3) is 0 Å². The van der Waals surface area contributed by atoms with Crippen molar-refractivity contribution in [3.8, 4) is 16.9 Å². The summed E-state index contributed by atoms with van der Waals surface area (Å²) < 4.78 is 24.7. The standard InChI is InChI=1S/C17H18FNO2/c1-20-14-5-6-15(16(18)10-14)12-3-2-4-13(9-12)17-11-21-8-7-19-17/h2-6,9-10,17,19H,7-8,11H2,1H3. The van der Waals surface area contributed by atoms with Crippen molar-refractivity contribution in [2.45, 2.75) is 6.04 Å². The molecule has 0 bridgehead atoms. The Bertz CT molecular complexity index is 624. The lowest BCUT2D eigenvalue weighted by atomic mass is 9.99. The molecule has 1 unspecified atom stereocenters. The molecule has 0 aliphatic carbocycles. The first-order chi connectivity index (χ1) is 10.3. The average molecular weight is 287 g/mol. The van der Waals surface area contributed by atoms with Crippen molar-refractivity contribution in [2.24, 2.45) is 0 Å². The molecule has 3 nitrogen and oxygen atoms in total. The van der Waals surface area contributed by atoms with Crippen LogP contribution in [0.3, 0.4) is 0 Å². The summed E-state index contributed by atoms with van der Waals surface area (Å²) in [5.41, 5.74) is 2.55. The Morgan fingerprint density at radius 2 is 2.14 bits per heavy atom. The Morgan fingerprint density at radius 3 is 2.86 bits per heavy atom. The number of ether oxygens (including phenoxy) is 2. The summed E-state index contributed by atoms with van der Waals surface area (Å²) in [6.07, 6.45) is 0. The molecule has 1 aliphatic rings. The first-order valence-electron chi connectivity index (χ1n) is 7.03. The molecule has 0 radical (unpaired) electrons. The first-order valence-corrected chi connectivity index (χ1v) is 7.03. The summed E-state index contributed by atoms with van der Waals surface area (Å²) in [5.74, 6) is 0.245. The van der Waals surface area contributed by atoms with Gasteiger partial charge in [0.15, 0.2) is 0 Å². The molecule has 1 aliphatic heterocycles. The van der Waals surface area contributed by atoms with Gasteiger partial charge in [-0.2, -0.15) is 0 Å². The van der Waals surface area contributed by atoms with Crippen molar-refractivity contribution in [1.29, 1.82) is 0 Å². The fraction of sp³-hybridized carbons (Fsp3) is 0.294. The molecule has 1 heterocycles. The van der Waals surface area contributed by atoms with E-state index in [2.05, 4.69) is 5.32 Å². The van der Waals surface area contributed by atoms with Crippen molar-refractivity contribution in [3.63, 3.8) is 0 Å². The third-order valence-electron chi connectivity index (χ3n) is 3.70. The van der Waals surface area contributed by atoms with Gasteiger partial charge in [0, 0.05) is 18.2 Å². The molecule has 3 rings (SSSR count). The first kappa shape index (κ1) is 14.0. The number of morpholine rings is 1. The van der Waals surface area contributed by atoms with Crippen LogP contribution in [0.4, 0.5) is 4.39 Å². The van der Waals surface area contributed by atoms with Crippen LogP contribution in [0.15, 0.2) is 42.5 Å². The summed E-state index contributed by atoms with van der Waals surface area (Å²) >= 11 is 0. The van der Waals surface area contributed by atoms with Gasteiger partial charge in [-0.05, 0) is 29.3 Å². The summed E-state index contributed by atoms with van der Waals surface area (Å²) in [6, 6.07) is 13.0. The van der Waals surface area contributed by atoms with Gasteiger partial charge < -0.3 is 14.8 Å². The summed E-state index contributed by atoms with van der Waals surface area (Å²) in [4.78, 5) is 0. The van der Waals surface area contributed by atoms with Crippen molar-refractivity contribution in [2.75, 3.05) is 26.9 Å². The minimum Gasteiger partial charge on any atom is -0.497 e. The smallest absolute Gasteiger partial charge is 0.134 e. The Hall–Kier alpha value is -1.91. The number of hydrogen-bond acceptors (Lipinski definition) is 3. The van der Waals surface area contributed by atoms with Gasteiger partial charge in [-0.15, -0.1) is 0 Å². The second-order valence-corrected chi connectivity index (χ2v) is 5.05. The van der Waals surface area contributed by atoms with Crippen molar-refractivity contribution in [1.82, 2.24) is 5.32 Å². The minimum atomic E-state index is -0.278. The van der Waals surface area contributed by atoms with E-state index >= 15 is 0 Å². The zero-order valence-corrected chi connectivity index (χ0v) is 11.9. The van der Waals surface area contributed by atoms with E-state index in [1.165, 1.54) is 13.2 Å². The van der Waals surface area contributed by atoms with Gasteiger partial charge in [0.2, 0.25) is 0 Å². The maximum Gasteiger partial charge on any atom is 0.134 e. The van der Waals surface area contributed by atoms with Gasteiger partial charge >= 0.3 is 0 Å². The molecule has 0 saturated carbocycles. The fourth-order valence-corrected chi connectivity index (χ4v) is 2.56. The van der Waals surface area contributed by atoms with Gasteiger partial charge in [0.1, 0.15) is 11.6 Å². The highest BCUT2D eigenvalue weighted by Crippen LogP contribution is 2.28. The Balaban J connectivity index is 1.92. The van der Waals surface area contributed by atoms with Crippen LogP contribution in [0.25, 0.3) is 11.1 Å². The van der Waals surface area contributed by atoms with E-state index < -0.39 is 0 Å². The molecule has 2 aromatic rings. The molecule has 110 valence electrons. The van der Waals surface area contributed by atoms with Crippen LogP contribution in [0, 0.1) is 5.82 Å². The summed E-state index contributed by atoms with van der Waals surface area (Å²) in [5, 5.41) is 3.41. The quantitative estimate of drug-likeness (QED) is 0.940. The molecule has 1 atom stereocenters. The third kappa shape index (κ3) is 3.06. The maximum atomic E-state index is 14.2. The lowest BCUT2D eigenvalue weighted by molar-refractivity contribution is 0.0769. The predicted octanol–water partition coefficient (Wildman–Crippen LogP) is 3.16. The zero-order valence-electron chi connectivity index (χ0n) is 11.9. The number of methoxy groups -OCH3 is 1. The molecule has 0 amide bonds. The Morgan fingerprint density at radius 1 is 1.24 bits per heavy atom. The SMILES string of the molecule is COc1ccc(-c2cccc(C3COCCN3)c2)c(F)c1. The Labute approximate surface area is 123 Å². The van der Waals surface area contributed by atoms with E-state index in [-0.39, 0.29) is 11.9 Å². The molecule has 1 N–H and O–H groups in total. The van der Waals surface area contributed by atoms with E-state index in [4.69, 9.17) is 9.47 Å². The Kier molecular flexibility index (Phi) is 4.18. The van der Waals surface area contributed by atoms with Crippen LogP contribution in [0.1, 0.15) is 11.6 Å². The normalized spacial score (nSPS) is 18.5. The second kappa shape index (κ2) is 6.24. The average Bonchev–Trinajstić information content (AvgIpc) is 2.55. The maximum absolute atomic E-state index is 14.2. The van der Waals surface area contributed by atoms with E-state index in [9.17, 15) is 4.39 Å². The topological polar surface area (TPSA) is 30.5 Å². The minimum absolute atomic E-state index is 0.167. The lowest BCUT2D eigenvalue weighted by Gasteiger charge is -2.24. The second-order valence-electron chi connectivity index (χ2n) is 5.05. The predicted molar refractivity (Wildman–Crippen MR) is 80.0 cm³/mol. The van der Waals surface area contributed by atoms with Gasteiger partial charge in [-0.25, -0.2) is 4.39 Å². The van der Waals surface area contributed by atoms with Gasteiger partial charge in [-0.1, -0.05) is 18.2 Å². The molecule has 0 spiro atoms. The number of nitrogens with one attached hydrogen (secondary N) is 1. The van der Waals surface area contributed by atoms with E-state index in [1.54, 1.807) is 12.1 Å². The molecular weight excluding hydrogens is 269 g/mol. The van der Waals surface area contributed by atoms with Crippen LogP contribution in [0.5, 0.6) is 5.75 Å². The van der Waals surface area contributed by atoms with Crippen LogP contribution in [0.2, 0.25) is 0 Å². The number of halogens is 1. The highest BCUT2D eigenvalue weighted by molar-refractivity contribution is 5.66. The lowest BCUT2D eigenvalue weighted by Crippen LogP contribution is -2.34. The number of benzene rings is 2. The van der Waals surface area contributed by atoms with E-state index in [0.717, 1.165) is 24.3 Å². The van der Waals surface area contributed by atoms with Crippen LogP contribution < -0.4 is 10.1 Å². The molecule has 1 saturated heterocycles. The largest absolute Gasteiger partial charge is 0.497 e. The van der Waals surface area contributed by atoms with Crippen LogP contribution in [-0.4, -0.2) is 26.9 Å². The fourth-order valence-electron chi connectivity index (χ4n) is 2.56. The monoisotopic (exact) mass is 287 g/mol. The highest BCUT2D eigenvalue weighted by atomic mass is 19.1. The molecule has 21 heavy (non-hydrogen) atoms. The number of hydrogen-bond donors (Lipinski definition) is 1. The molecule has 2 aromatic carbocycles. The van der Waals surface area contributed by atoms with Crippen molar-refractivity contribution >= 4 is 0 Å². The van der Waals surface area contributed by atoms with Crippen molar-refractivity contribution < 1.29 is 13.9 Å². The van der Waals surface area contributed by atoms with E-state index in [0.29, 0.717) is 17.9 Å². The van der Waals surface area contributed by atoms with Gasteiger partial charge in [0.05, 0.1) is 26.4 Å². The van der Waals surface area contributed by atoms with E-state index in [1.807, 2.05) is 24.3 Å². The highest BCUT2D eigenvalue weighted by Gasteiger charge is 2.16. The zero-order chi connectivity index (χ0) is 14.7. The van der Waals surface area contributed by atoms with Crippen LogP contribution >= 0.6 is 0 Å². The molecule has 1 fully saturated rings. The molecule has 0 aromatic heterocycles. The number of rotatable bonds is 3. The third-order valence-corrected chi connectivity index (χ3v) is 3.70. The van der Waals surface area contributed by atoms with Gasteiger partial charge in [-0.3, -0.25) is 0 Å².